The summed E-state index contributed by atoms with van der Waals surface area (Å²) in [4.78, 5) is 12.0. The van der Waals surface area contributed by atoms with Gasteiger partial charge in [0.1, 0.15) is 0 Å². The zero-order chi connectivity index (χ0) is 13.8. The fourth-order valence-corrected chi connectivity index (χ4v) is 2.72. The molecule has 2 N–H and O–H groups in total. The number of hydrogen-bond donors (Lipinski definition) is 2. The number of rotatable bonds is 4. The summed E-state index contributed by atoms with van der Waals surface area (Å²) >= 11 is 0. The zero-order valence-corrected chi connectivity index (χ0v) is 12.7. The molecule has 0 aliphatic heterocycles. The molecule has 0 aromatic rings. The normalized spacial score (nSPS) is 21.4. The van der Waals surface area contributed by atoms with Crippen LogP contribution < -0.4 is 10.6 Å². The van der Waals surface area contributed by atoms with E-state index in [1.165, 1.54) is 32.1 Å². The number of hydrogen-bond acceptors (Lipinski definition) is 2. The largest absolute Gasteiger partial charge is 0.350 e. The first-order chi connectivity index (χ1) is 8.29. The second-order valence-corrected chi connectivity index (χ2v) is 6.81. The van der Waals surface area contributed by atoms with E-state index in [-0.39, 0.29) is 17.5 Å². The highest BCUT2D eigenvalue weighted by Crippen LogP contribution is 2.26. The van der Waals surface area contributed by atoms with Crippen molar-refractivity contribution in [2.45, 2.75) is 84.3 Å². The van der Waals surface area contributed by atoms with E-state index in [1.807, 2.05) is 27.7 Å². The molecule has 2 atom stereocenters. The van der Waals surface area contributed by atoms with E-state index in [9.17, 15) is 4.79 Å². The molecule has 3 nitrogen and oxygen atoms in total. The topological polar surface area (TPSA) is 41.1 Å². The molecule has 1 fully saturated rings. The van der Waals surface area contributed by atoms with Crippen molar-refractivity contribution in [3.63, 3.8) is 0 Å². The van der Waals surface area contributed by atoms with Crippen molar-refractivity contribution in [3.8, 4) is 0 Å². The molecule has 106 valence electrons. The van der Waals surface area contributed by atoms with Gasteiger partial charge in [0, 0.05) is 11.6 Å². The van der Waals surface area contributed by atoms with Crippen molar-refractivity contribution < 1.29 is 4.79 Å². The van der Waals surface area contributed by atoms with Crippen LogP contribution in [0.15, 0.2) is 0 Å². The molecule has 0 spiro atoms. The lowest BCUT2D eigenvalue weighted by Gasteiger charge is -2.31. The highest BCUT2D eigenvalue weighted by atomic mass is 16.2. The fraction of sp³-hybridized carbons (Fsp3) is 0.933. The third-order valence-electron chi connectivity index (χ3n) is 3.76. The first-order valence-corrected chi connectivity index (χ1v) is 7.37. The zero-order valence-electron chi connectivity index (χ0n) is 12.7. The monoisotopic (exact) mass is 254 g/mol. The third-order valence-corrected chi connectivity index (χ3v) is 3.76. The summed E-state index contributed by atoms with van der Waals surface area (Å²) in [5.74, 6) is 0.841. The summed E-state index contributed by atoms with van der Waals surface area (Å²) in [6, 6.07) is 0.326. The summed E-state index contributed by atoms with van der Waals surface area (Å²) in [5.41, 5.74) is -0.152. The first kappa shape index (κ1) is 15.5. The maximum absolute atomic E-state index is 12.0. The molecule has 1 aliphatic rings. The van der Waals surface area contributed by atoms with Gasteiger partial charge in [-0.3, -0.25) is 4.79 Å². The fourth-order valence-electron chi connectivity index (χ4n) is 2.72. The average molecular weight is 254 g/mol. The van der Waals surface area contributed by atoms with Crippen molar-refractivity contribution in [1.82, 2.24) is 10.6 Å². The maximum atomic E-state index is 12.0. The lowest BCUT2D eigenvalue weighted by Crippen LogP contribution is -2.52. The Bertz CT molecular complexity index is 264. The van der Waals surface area contributed by atoms with Crippen LogP contribution in [0.3, 0.4) is 0 Å². The molecule has 1 unspecified atom stereocenters. The second-order valence-electron chi connectivity index (χ2n) is 6.81. The van der Waals surface area contributed by atoms with Crippen molar-refractivity contribution in [2.75, 3.05) is 0 Å². The molecule has 0 heterocycles. The smallest absolute Gasteiger partial charge is 0.237 e. The van der Waals surface area contributed by atoms with Gasteiger partial charge in [-0.2, -0.15) is 0 Å². The standard InChI is InChI=1S/C15H30N2O/c1-11(13-9-7-6-8-10-13)16-12(2)14(18)17-15(3,4)5/h11-13,16H,6-10H2,1-5H3,(H,17,18)/t11-,12?/m1/s1. The number of nitrogens with one attached hydrogen (secondary N) is 2. The van der Waals surface area contributed by atoms with Crippen molar-refractivity contribution in [3.05, 3.63) is 0 Å². The summed E-state index contributed by atoms with van der Waals surface area (Å²) in [7, 11) is 0. The minimum absolute atomic E-state index is 0.102. The Kier molecular flexibility index (Phi) is 5.64. The Morgan fingerprint density at radius 1 is 1.11 bits per heavy atom. The minimum atomic E-state index is -0.152. The van der Waals surface area contributed by atoms with Crippen LogP contribution in [0, 0.1) is 5.92 Å². The minimum Gasteiger partial charge on any atom is -0.350 e. The van der Waals surface area contributed by atoms with E-state index in [4.69, 9.17) is 0 Å². The quantitative estimate of drug-likeness (QED) is 0.810. The molecule has 0 aromatic carbocycles. The van der Waals surface area contributed by atoms with Gasteiger partial charge >= 0.3 is 0 Å². The van der Waals surface area contributed by atoms with Crippen molar-refractivity contribution in [2.24, 2.45) is 5.92 Å². The van der Waals surface area contributed by atoms with Crippen LogP contribution in [0.4, 0.5) is 0 Å². The maximum Gasteiger partial charge on any atom is 0.237 e. The van der Waals surface area contributed by atoms with Gasteiger partial charge in [0.15, 0.2) is 0 Å². The molecule has 18 heavy (non-hydrogen) atoms. The molecule has 1 saturated carbocycles. The number of carbonyl (C=O) groups excluding carboxylic acids is 1. The lowest BCUT2D eigenvalue weighted by molar-refractivity contribution is -0.124. The molecular formula is C15H30N2O. The summed E-state index contributed by atoms with van der Waals surface area (Å²) in [5, 5.41) is 6.49. The van der Waals surface area contributed by atoms with Gasteiger partial charge in [0.25, 0.3) is 0 Å². The van der Waals surface area contributed by atoms with E-state index < -0.39 is 0 Å². The van der Waals surface area contributed by atoms with E-state index in [0.29, 0.717) is 6.04 Å². The van der Waals surface area contributed by atoms with Crippen LogP contribution in [0.25, 0.3) is 0 Å². The molecule has 0 radical (unpaired) electrons. The molecule has 0 aromatic heterocycles. The van der Waals surface area contributed by atoms with Gasteiger partial charge in [-0.05, 0) is 53.4 Å². The predicted molar refractivity (Wildman–Crippen MR) is 76.5 cm³/mol. The predicted octanol–water partition coefficient (Wildman–Crippen LogP) is 2.85. The van der Waals surface area contributed by atoms with Crippen molar-refractivity contribution in [1.29, 1.82) is 0 Å². The molecule has 1 aliphatic carbocycles. The highest BCUT2D eigenvalue weighted by molar-refractivity contribution is 5.81. The van der Waals surface area contributed by atoms with E-state index in [2.05, 4.69) is 17.6 Å². The van der Waals surface area contributed by atoms with E-state index in [1.54, 1.807) is 0 Å². The number of amides is 1. The molecule has 3 heteroatoms. The molecule has 1 amide bonds. The summed E-state index contributed by atoms with van der Waals surface area (Å²) in [6.45, 7) is 10.2. The van der Waals surface area contributed by atoms with Crippen molar-refractivity contribution >= 4 is 5.91 Å². The summed E-state index contributed by atoms with van der Waals surface area (Å²) < 4.78 is 0. The van der Waals surface area contributed by atoms with Gasteiger partial charge in [0.2, 0.25) is 5.91 Å². The average Bonchev–Trinajstić information content (AvgIpc) is 2.27. The van der Waals surface area contributed by atoms with Gasteiger partial charge < -0.3 is 10.6 Å². The molecule has 0 bridgehead atoms. The van der Waals surface area contributed by atoms with Crippen LogP contribution in [0.2, 0.25) is 0 Å². The van der Waals surface area contributed by atoms with Crippen LogP contribution in [0.1, 0.15) is 66.7 Å². The van der Waals surface area contributed by atoms with Gasteiger partial charge in [0.05, 0.1) is 6.04 Å². The van der Waals surface area contributed by atoms with E-state index in [0.717, 1.165) is 5.92 Å². The van der Waals surface area contributed by atoms with Gasteiger partial charge in [-0.15, -0.1) is 0 Å². The first-order valence-electron chi connectivity index (χ1n) is 7.37. The lowest BCUT2D eigenvalue weighted by atomic mass is 9.84. The van der Waals surface area contributed by atoms with Crippen LogP contribution in [-0.4, -0.2) is 23.5 Å². The molecular weight excluding hydrogens is 224 g/mol. The Morgan fingerprint density at radius 2 is 1.67 bits per heavy atom. The Hall–Kier alpha value is -0.570. The Labute approximate surface area is 112 Å². The van der Waals surface area contributed by atoms with Crippen LogP contribution >= 0.6 is 0 Å². The second kappa shape index (κ2) is 6.55. The Morgan fingerprint density at radius 3 is 2.17 bits per heavy atom. The van der Waals surface area contributed by atoms with E-state index >= 15 is 0 Å². The SMILES string of the molecule is CC(N[C@H](C)C1CCCCC1)C(=O)NC(C)(C)C. The highest BCUT2D eigenvalue weighted by Gasteiger charge is 2.24. The van der Waals surface area contributed by atoms with Crippen LogP contribution in [-0.2, 0) is 4.79 Å². The Balaban J connectivity index is 2.38. The molecule has 1 rings (SSSR count). The van der Waals surface area contributed by atoms with Crippen LogP contribution in [0.5, 0.6) is 0 Å². The summed E-state index contributed by atoms with van der Waals surface area (Å²) in [6.07, 6.45) is 6.69. The van der Waals surface area contributed by atoms with Gasteiger partial charge in [-0.25, -0.2) is 0 Å². The third kappa shape index (κ3) is 5.38. The van der Waals surface area contributed by atoms with Gasteiger partial charge in [-0.1, -0.05) is 19.3 Å². The molecule has 0 saturated heterocycles. The number of carbonyl (C=O) groups is 1.